The Morgan fingerprint density at radius 2 is 1.69 bits per heavy atom. The predicted octanol–water partition coefficient (Wildman–Crippen LogP) is 4.78. The van der Waals surface area contributed by atoms with Crippen LogP contribution in [-0.4, -0.2) is 36.7 Å². The summed E-state index contributed by atoms with van der Waals surface area (Å²) in [6.45, 7) is 4.70. The molecule has 1 atom stereocenters. The van der Waals surface area contributed by atoms with Crippen molar-refractivity contribution in [2.75, 3.05) is 20.2 Å². The summed E-state index contributed by atoms with van der Waals surface area (Å²) in [6, 6.07) is 17.6. The maximum absolute atomic E-state index is 12.8. The highest BCUT2D eigenvalue weighted by Crippen LogP contribution is 2.27. The number of carbonyl (C=O) groups is 2. The first-order chi connectivity index (χ1) is 14.1. The Morgan fingerprint density at radius 1 is 1.03 bits per heavy atom. The molecule has 4 heteroatoms. The Kier molecular flexibility index (Phi) is 7.59. The van der Waals surface area contributed by atoms with E-state index in [-0.39, 0.29) is 11.6 Å². The number of nitrogens with zero attached hydrogens (tertiary/aromatic N) is 1. The summed E-state index contributed by atoms with van der Waals surface area (Å²) < 4.78 is 5.15. The number of methoxy groups -OCH3 is 1. The van der Waals surface area contributed by atoms with Crippen LogP contribution in [0.25, 0.3) is 0 Å². The van der Waals surface area contributed by atoms with Gasteiger partial charge in [0.2, 0.25) is 0 Å². The molecule has 0 spiro atoms. The van der Waals surface area contributed by atoms with Gasteiger partial charge in [-0.05, 0) is 81.4 Å². The van der Waals surface area contributed by atoms with Gasteiger partial charge in [-0.2, -0.15) is 0 Å². The van der Waals surface area contributed by atoms with Gasteiger partial charge in [0.15, 0.2) is 5.78 Å². The Morgan fingerprint density at radius 3 is 2.28 bits per heavy atom. The highest BCUT2D eigenvalue weighted by atomic mass is 16.5. The van der Waals surface area contributed by atoms with Crippen LogP contribution in [0.15, 0.2) is 54.6 Å². The molecule has 2 aromatic carbocycles. The minimum atomic E-state index is -0.536. The summed E-state index contributed by atoms with van der Waals surface area (Å²) in [5.74, 6) is 0.662. The average molecular weight is 394 g/mol. The lowest BCUT2D eigenvalue weighted by molar-refractivity contribution is -0.119. The van der Waals surface area contributed by atoms with E-state index in [2.05, 4.69) is 35.2 Å². The third-order valence-electron chi connectivity index (χ3n) is 6.00. The summed E-state index contributed by atoms with van der Waals surface area (Å²) in [4.78, 5) is 27.5. The van der Waals surface area contributed by atoms with Crippen molar-refractivity contribution < 1.29 is 14.3 Å². The molecule has 0 aliphatic carbocycles. The smallest absolute Gasteiger partial charge is 0.173 e. The van der Waals surface area contributed by atoms with Crippen LogP contribution in [-0.2, 0) is 11.3 Å². The summed E-state index contributed by atoms with van der Waals surface area (Å²) in [5, 5.41) is 0. The molecule has 1 aliphatic rings. The van der Waals surface area contributed by atoms with Gasteiger partial charge in [0.1, 0.15) is 11.5 Å². The van der Waals surface area contributed by atoms with Gasteiger partial charge in [-0.15, -0.1) is 0 Å². The molecule has 0 radical (unpaired) electrons. The molecule has 1 heterocycles. The van der Waals surface area contributed by atoms with E-state index in [1.165, 1.54) is 12.5 Å². The number of piperidine rings is 1. The molecule has 0 saturated carbocycles. The first-order valence-corrected chi connectivity index (χ1v) is 10.5. The van der Waals surface area contributed by atoms with Crippen LogP contribution >= 0.6 is 0 Å². The Bertz CT molecular complexity index is 793. The fraction of sp³-hybridized carbons (Fsp3) is 0.440. The van der Waals surface area contributed by atoms with E-state index >= 15 is 0 Å². The summed E-state index contributed by atoms with van der Waals surface area (Å²) in [5.41, 5.74) is 1.94. The number of hydrogen-bond donors (Lipinski definition) is 0. The van der Waals surface area contributed by atoms with Crippen molar-refractivity contribution in [2.45, 2.75) is 39.2 Å². The van der Waals surface area contributed by atoms with Crippen molar-refractivity contribution in [3.63, 3.8) is 0 Å². The molecule has 29 heavy (non-hydrogen) atoms. The van der Waals surface area contributed by atoms with Crippen LogP contribution in [0.5, 0.6) is 5.75 Å². The van der Waals surface area contributed by atoms with E-state index in [1.807, 2.05) is 0 Å². The van der Waals surface area contributed by atoms with Crippen molar-refractivity contribution in [3.8, 4) is 5.75 Å². The number of benzene rings is 2. The van der Waals surface area contributed by atoms with E-state index in [1.54, 1.807) is 31.4 Å². The Labute approximate surface area is 173 Å². The molecular weight excluding hydrogens is 362 g/mol. The minimum Gasteiger partial charge on any atom is -0.497 e. The lowest BCUT2D eigenvalue weighted by Crippen LogP contribution is -2.33. The van der Waals surface area contributed by atoms with Crippen LogP contribution in [0.3, 0.4) is 0 Å². The zero-order valence-corrected chi connectivity index (χ0v) is 17.5. The molecule has 0 amide bonds. The van der Waals surface area contributed by atoms with E-state index < -0.39 is 5.92 Å². The van der Waals surface area contributed by atoms with E-state index in [9.17, 15) is 9.59 Å². The van der Waals surface area contributed by atoms with E-state index in [0.717, 1.165) is 38.9 Å². The zero-order chi connectivity index (χ0) is 20.6. The van der Waals surface area contributed by atoms with Gasteiger partial charge in [0.05, 0.1) is 13.0 Å². The van der Waals surface area contributed by atoms with Gasteiger partial charge in [-0.1, -0.05) is 30.3 Å². The fourth-order valence-corrected chi connectivity index (χ4v) is 4.15. The number of ether oxygens (including phenoxy) is 1. The van der Waals surface area contributed by atoms with Crippen LogP contribution in [0, 0.1) is 11.8 Å². The van der Waals surface area contributed by atoms with Crippen molar-refractivity contribution in [1.29, 1.82) is 0 Å². The molecule has 2 aromatic rings. The lowest BCUT2D eigenvalue weighted by Gasteiger charge is -2.32. The molecule has 3 rings (SSSR count). The van der Waals surface area contributed by atoms with Gasteiger partial charge in [0.25, 0.3) is 0 Å². The van der Waals surface area contributed by atoms with Gasteiger partial charge in [-0.25, -0.2) is 0 Å². The first-order valence-electron chi connectivity index (χ1n) is 10.5. The summed E-state index contributed by atoms with van der Waals surface area (Å²) >= 11 is 0. The molecular formula is C25H31NO3. The third-order valence-corrected chi connectivity index (χ3v) is 6.00. The molecule has 1 saturated heterocycles. The monoisotopic (exact) mass is 393 g/mol. The number of likely N-dealkylation sites (tertiary alicyclic amines) is 1. The second-order valence-electron chi connectivity index (χ2n) is 8.04. The maximum atomic E-state index is 12.8. The lowest BCUT2D eigenvalue weighted by atomic mass is 9.84. The normalized spacial score (nSPS) is 16.3. The molecule has 1 fully saturated rings. The second-order valence-corrected chi connectivity index (χ2v) is 8.04. The van der Waals surface area contributed by atoms with Gasteiger partial charge in [0, 0.05) is 12.1 Å². The Balaban J connectivity index is 1.49. The van der Waals surface area contributed by atoms with Crippen molar-refractivity contribution >= 4 is 11.6 Å². The van der Waals surface area contributed by atoms with Gasteiger partial charge >= 0.3 is 0 Å². The number of Topliss-reactive ketones (excluding diaryl/α,β-unsaturated/α-hetero) is 2. The Hall–Kier alpha value is -2.46. The first kappa shape index (κ1) is 21.3. The van der Waals surface area contributed by atoms with E-state index in [4.69, 9.17) is 4.74 Å². The number of carbonyl (C=O) groups excluding carboxylic acids is 2. The highest BCUT2D eigenvalue weighted by molar-refractivity contribution is 6.10. The largest absolute Gasteiger partial charge is 0.497 e. The molecule has 1 aliphatic heterocycles. The molecule has 0 bridgehead atoms. The zero-order valence-electron chi connectivity index (χ0n) is 17.5. The fourth-order valence-electron chi connectivity index (χ4n) is 4.15. The SMILES string of the molecule is COc1ccc(C(=O)C(CCC2CCN(Cc3ccccc3)CC2)C(C)=O)cc1. The van der Waals surface area contributed by atoms with Crippen LogP contribution in [0.1, 0.15) is 48.5 Å². The van der Waals surface area contributed by atoms with Crippen molar-refractivity contribution in [3.05, 3.63) is 65.7 Å². The average Bonchev–Trinajstić information content (AvgIpc) is 2.75. The second kappa shape index (κ2) is 10.4. The highest BCUT2D eigenvalue weighted by Gasteiger charge is 2.27. The molecule has 0 aromatic heterocycles. The van der Waals surface area contributed by atoms with Crippen LogP contribution in [0.4, 0.5) is 0 Å². The summed E-state index contributed by atoms with van der Waals surface area (Å²) in [6.07, 6.45) is 3.84. The number of rotatable bonds is 9. The van der Waals surface area contributed by atoms with Crippen molar-refractivity contribution in [2.24, 2.45) is 11.8 Å². The standard InChI is InChI=1S/C25H31NO3/c1-19(27)24(25(28)22-9-11-23(29-2)12-10-22)13-8-20-14-16-26(17-15-20)18-21-6-4-3-5-7-21/h3-7,9-12,20,24H,8,13-18H2,1-2H3. The maximum Gasteiger partial charge on any atom is 0.173 e. The molecule has 1 unspecified atom stereocenters. The summed E-state index contributed by atoms with van der Waals surface area (Å²) in [7, 11) is 1.60. The van der Waals surface area contributed by atoms with Crippen molar-refractivity contribution in [1.82, 2.24) is 4.90 Å². The topological polar surface area (TPSA) is 46.6 Å². The molecule has 4 nitrogen and oxygen atoms in total. The quantitative estimate of drug-likeness (QED) is 0.455. The van der Waals surface area contributed by atoms with Crippen LogP contribution in [0.2, 0.25) is 0 Å². The van der Waals surface area contributed by atoms with E-state index in [0.29, 0.717) is 23.7 Å². The number of hydrogen-bond acceptors (Lipinski definition) is 4. The molecule has 154 valence electrons. The predicted molar refractivity (Wildman–Crippen MR) is 115 cm³/mol. The number of ketones is 2. The van der Waals surface area contributed by atoms with Gasteiger partial charge < -0.3 is 4.74 Å². The van der Waals surface area contributed by atoms with Crippen LogP contribution < -0.4 is 4.74 Å². The molecule has 0 N–H and O–H groups in total. The van der Waals surface area contributed by atoms with Gasteiger partial charge in [-0.3, -0.25) is 14.5 Å². The third kappa shape index (κ3) is 6.01. The minimum absolute atomic E-state index is 0.0349.